The van der Waals surface area contributed by atoms with Crippen molar-refractivity contribution in [2.24, 2.45) is 0 Å². The zero-order valence-corrected chi connectivity index (χ0v) is 18.2. The summed E-state index contributed by atoms with van der Waals surface area (Å²) in [6.45, 7) is 1.64. The second-order valence-corrected chi connectivity index (χ2v) is 7.02. The maximum absolute atomic E-state index is 12.1. The van der Waals surface area contributed by atoms with Gasteiger partial charge in [0.15, 0.2) is 0 Å². The third-order valence-electron chi connectivity index (χ3n) is 4.96. The van der Waals surface area contributed by atoms with Crippen LogP contribution in [-0.2, 0) is 9.47 Å². The lowest BCUT2D eigenvalue weighted by molar-refractivity contribution is -0.383. The number of nitro groups is 1. The lowest BCUT2D eigenvalue weighted by Crippen LogP contribution is -2.32. The molecule has 9 heteroatoms. The van der Waals surface area contributed by atoms with E-state index >= 15 is 0 Å². The van der Waals surface area contributed by atoms with Crippen molar-refractivity contribution < 1.29 is 14.4 Å². The van der Waals surface area contributed by atoms with Crippen molar-refractivity contribution in [3.63, 3.8) is 0 Å². The first-order valence-corrected chi connectivity index (χ1v) is 10.2. The molecule has 0 aliphatic rings. The van der Waals surface area contributed by atoms with E-state index in [-0.39, 0.29) is 23.4 Å². The molecule has 0 aliphatic carbocycles. The molecule has 0 fully saturated rings. The smallest absolute Gasteiger partial charge is 0.353 e. The molecule has 9 nitrogen and oxygen atoms in total. The molecule has 3 aromatic rings. The van der Waals surface area contributed by atoms with Gasteiger partial charge in [-0.2, -0.15) is 0 Å². The van der Waals surface area contributed by atoms with Gasteiger partial charge >= 0.3 is 5.69 Å². The summed E-state index contributed by atoms with van der Waals surface area (Å²) in [6.07, 6.45) is 1.34. The third kappa shape index (κ3) is 5.77. The first kappa shape index (κ1) is 23.1. The minimum Gasteiger partial charge on any atom is -0.383 e. The highest BCUT2D eigenvalue weighted by Gasteiger charge is 2.29. The summed E-state index contributed by atoms with van der Waals surface area (Å²) >= 11 is 0. The number of rotatable bonds is 12. The normalized spacial score (nSPS) is 10.8. The van der Waals surface area contributed by atoms with E-state index < -0.39 is 4.92 Å². The summed E-state index contributed by atoms with van der Waals surface area (Å²) in [5.74, 6) is 0.374. The number of hydrogen-bond acceptors (Lipinski definition) is 8. The van der Waals surface area contributed by atoms with Gasteiger partial charge in [-0.05, 0) is 11.1 Å². The van der Waals surface area contributed by atoms with Crippen LogP contribution < -0.4 is 10.2 Å². The SMILES string of the molecule is COCCN(CCOC)c1ncnc(NC(c2ccccc2)c2ccccc2)c1[N+](=O)[O-]. The fourth-order valence-electron chi connectivity index (χ4n) is 3.39. The van der Waals surface area contributed by atoms with Crippen LogP contribution in [0.15, 0.2) is 67.0 Å². The van der Waals surface area contributed by atoms with Gasteiger partial charge in [0.1, 0.15) is 6.33 Å². The molecule has 1 heterocycles. The molecule has 0 bridgehead atoms. The molecular formula is C23H27N5O4. The van der Waals surface area contributed by atoms with E-state index in [1.165, 1.54) is 6.33 Å². The quantitative estimate of drug-likeness (QED) is 0.338. The fourth-order valence-corrected chi connectivity index (χ4v) is 3.39. The Bertz CT molecular complexity index is 941. The number of anilines is 2. The molecule has 1 aromatic heterocycles. The van der Waals surface area contributed by atoms with Gasteiger partial charge in [-0.15, -0.1) is 0 Å². The van der Waals surface area contributed by atoms with Gasteiger partial charge < -0.3 is 19.7 Å². The highest BCUT2D eigenvalue weighted by Crippen LogP contribution is 2.35. The van der Waals surface area contributed by atoms with E-state index in [4.69, 9.17) is 9.47 Å². The number of nitrogens with zero attached hydrogens (tertiary/aromatic N) is 4. The number of aromatic nitrogens is 2. The predicted molar refractivity (Wildman–Crippen MR) is 123 cm³/mol. The highest BCUT2D eigenvalue weighted by molar-refractivity contribution is 5.71. The lowest BCUT2D eigenvalue weighted by Gasteiger charge is -2.24. The monoisotopic (exact) mass is 437 g/mol. The van der Waals surface area contributed by atoms with Gasteiger partial charge in [-0.1, -0.05) is 60.7 Å². The molecule has 3 rings (SSSR count). The minimum atomic E-state index is -0.447. The Kier molecular flexibility index (Phi) is 8.47. The van der Waals surface area contributed by atoms with E-state index in [1.54, 1.807) is 19.1 Å². The molecule has 168 valence electrons. The second-order valence-electron chi connectivity index (χ2n) is 7.02. The molecule has 0 saturated heterocycles. The van der Waals surface area contributed by atoms with Crippen LogP contribution in [0, 0.1) is 10.1 Å². The summed E-state index contributed by atoms with van der Waals surface area (Å²) in [7, 11) is 3.17. The van der Waals surface area contributed by atoms with Crippen LogP contribution in [0.25, 0.3) is 0 Å². The Morgan fingerprint density at radius 1 is 0.938 bits per heavy atom. The summed E-state index contributed by atoms with van der Waals surface area (Å²) in [4.78, 5) is 22.0. The van der Waals surface area contributed by atoms with E-state index in [2.05, 4.69) is 15.3 Å². The van der Waals surface area contributed by atoms with Crippen LogP contribution in [0.1, 0.15) is 17.2 Å². The van der Waals surface area contributed by atoms with Crippen molar-refractivity contribution >= 4 is 17.3 Å². The van der Waals surface area contributed by atoms with Gasteiger partial charge in [0.25, 0.3) is 0 Å². The molecule has 0 aliphatic heterocycles. The molecule has 0 amide bonds. The Morgan fingerprint density at radius 3 is 1.94 bits per heavy atom. The van der Waals surface area contributed by atoms with E-state index in [9.17, 15) is 10.1 Å². The summed E-state index contributed by atoms with van der Waals surface area (Å²) in [5, 5.41) is 15.4. The van der Waals surface area contributed by atoms with Crippen molar-refractivity contribution in [1.82, 2.24) is 9.97 Å². The summed E-state index contributed by atoms with van der Waals surface area (Å²) in [5.41, 5.74) is 1.74. The zero-order chi connectivity index (χ0) is 22.8. The molecular weight excluding hydrogens is 410 g/mol. The fraction of sp³-hybridized carbons (Fsp3) is 0.304. The van der Waals surface area contributed by atoms with Gasteiger partial charge in [0.05, 0.1) is 24.2 Å². The third-order valence-corrected chi connectivity index (χ3v) is 4.96. The largest absolute Gasteiger partial charge is 0.383 e. The van der Waals surface area contributed by atoms with Crippen LogP contribution >= 0.6 is 0 Å². The van der Waals surface area contributed by atoms with Crippen molar-refractivity contribution in [3.05, 3.63) is 88.2 Å². The molecule has 0 atom stereocenters. The Hall–Kier alpha value is -3.56. The van der Waals surface area contributed by atoms with Crippen LogP contribution in [0.2, 0.25) is 0 Å². The number of nitrogens with one attached hydrogen (secondary N) is 1. The van der Waals surface area contributed by atoms with Gasteiger partial charge in [0, 0.05) is 27.3 Å². The lowest BCUT2D eigenvalue weighted by atomic mass is 9.98. The van der Waals surface area contributed by atoms with E-state index in [0.717, 1.165) is 11.1 Å². The first-order valence-electron chi connectivity index (χ1n) is 10.2. The predicted octanol–water partition coefficient (Wildman–Crippen LogP) is 3.69. The molecule has 0 saturated carbocycles. The Balaban J connectivity index is 2.04. The van der Waals surface area contributed by atoms with Crippen LogP contribution in [-0.4, -0.2) is 55.4 Å². The highest BCUT2D eigenvalue weighted by atomic mass is 16.6. The number of hydrogen-bond donors (Lipinski definition) is 1. The number of methoxy groups -OCH3 is 2. The molecule has 2 aromatic carbocycles. The van der Waals surface area contributed by atoms with Gasteiger partial charge in [-0.25, -0.2) is 9.97 Å². The Labute approximate surface area is 187 Å². The maximum atomic E-state index is 12.1. The first-order chi connectivity index (χ1) is 15.7. The molecule has 1 N–H and O–H groups in total. The van der Waals surface area contributed by atoms with Crippen molar-refractivity contribution in [3.8, 4) is 0 Å². The minimum absolute atomic E-state index is 0.150. The number of benzene rings is 2. The molecule has 0 unspecified atom stereocenters. The van der Waals surface area contributed by atoms with Crippen LogP contribution in [0.3, 0.4) is 0 Å². The molecule has 0 spiro atoms. The van der Waals surface area contributed by atoms with Crippen molar-refractivity contribution in [2.75, 3.05) is 50.7 Å². The second kappa shape index (κ2) is 11.7. The standard InChI is InChI=1S/C23H27N5O4/c1-31-15-13-27(14-16-32-2)23-21(28(29)30)22(24-17-25-23)26-20(18-9-5-3-6-10-18)19-11-7-4-8-12-19/h3-12,17,20H,13-16H2,1-2H3,(H,24,25,26). The van der Waals surface area contributed by atoms with Crippen LogP contribution in [0.5, 0.6) is 0 Å². The van der Waals surface area contributed by atoms with Gasteiger partial charge in [0.2, 0.25) is 11.6 Å². The number of ether oxygens (including phenoxy) is 2. The molecule has 32 heavy (non-hydrogen) atoms. The summed E-state index contributed by atoms with van der Waals surface area (Å²) in [6, 6.07) is 19.2. The topological polar surface area (TPSA) is 103 Å². The average molecular weight is 438 g/mol. The maximum Gasteiger partial charge on any atom is 0.353 e. The van der Waals surface area contributed by atoms with E-state index in [0.29, 0.717) is 26.3 Å². The van der Waals surface area contributed by atoms with Crippen LogP contribution in [0.4, 0.5) is 17.3 Å². The average Bonchev–Trinajstić information content (AvgIpc) is 2.83. The van der Waals surface area contributed by atoms with E-state index in [1.807, 2.05) is 60.7 Å². The van der Waals surface area contributed by atoms with Gasteiger partial charge in [-0.3, -0.25) is 10.1 Å². The van der Waals surface area contributed by atoms with Crippen molar-refractivity contribution in [1.29, 1.82) is 0 Å². The molecule has 0 radical (unpaired) electrons. The Morgan fingerprint density at radius 2 is 1.47 bits per heavy atom. The van der Waals surface area contributed by atoms with Crippen molar-refractivity contribution in [2.45, 2.75) is 6.04 Å². The zero-order valence-electron chi connectivity index (χ0n) is 18.2. The summed E-state index contributed by atoms with van der Waals surface area (Å²) < 4.78 is 10.3.